The van der Waals surface area contributed by atoms with Crippen molar-refractivity contribution in [3.05, 3.63) is 57.5 Å². The highest BCUT2D eigenvalue weighted by Crippen LogP contribution is 2.18. The SMILES string of the molecule is O=C1N(C(=S)Nc2ccc(Br)cc2)CCN1C(=S)Nc1ccc(Br)cc1. The van der Waals surface area contributed by atoms with Crippen molar-refractivity contribution >= 4 is 83.9 Å². The first-order chi connectivity index (χ1) is 12.4. The molecule has 0 saturated carbocycles. The van der Waals surface area contributed by atoms with Crippen molar-refractivity contribution in [1.82, 2.24) is 9.80 Å². The van der Waals surface area contributed by atoms with Crippen LogP contribution in [0.5, 0.6) is 0 Å². The summed E-state index contributed by atoms with van der Waals surface area (Å²) in [7, 11) is 0. The van der Waals surface area contributed by atoms with Gasteiger partial charge in [-0.3, -0.25) is 9.80 Å². The van der Waals surface area contributed by atoms with E-state index in [1.807, 2.05) is 48.5 Å². The largest absolute Gasteiger partial charge is 0.332 e. The molecular formula is C17H14Br2N4OS2. The summed E-state index contributed by atoms with van der Waals surface area (Å²) in [6.07, 6.45) is 0. The molecule has 26 heavy (non-hydrogen) atoms. The van der Waals surface area contributed by atoms with Crippen molar-refractivity contribution < 1.29 is 4.79 Å². The van der Waals surface area contributed by atoms with E-state index >= 15 is 0 Å². The molecule has 2 aromatic carbocycles. The number of hydrogen-bond donors (Lipinski definition) is 2. The fraction of sp³-hybridized carbons (Fsp3) is 0.118. The molecule has 0 unspecified atom stereocenters. The first kappa shape index (κ1) is 19.2. The van der Waals surface area contributed by atoms with Crippen molar-refractivity contribution in [2.45, 2.75) is 0 Å². The molecule has 1 saturated heterocycles. The summed E-state index contributed by atoms with van der Waals surface area (Å²) in [6.45, 7) is 0.951. The molecule has 3 rings (SSSR count). The van der Waals surface area contributed by atoms with E-state index in [0.29, 0.717) is 23.3 Å². The lowest BCUT2D eigenvalue weighted by Crippen LogP contribution is -2.42. The zero-order valence-corrected chi connectivity index (χ0v) is 18.2. The summed E-state index contributed by atoms with van der Waals surface area (Å²) in [5.74, 6) is 0. The number of urea groups is 1. The highest BCUT2D eigenvalue weighted by atomic mass is 79.9. The number of carbonyl (C=O) groups excluding carboxylic acids is 1. The molecule has 0 bridgehead atoms. The number of rotatable bonds is 2. The van der Waals surface area contributed by atoms with Gasteiger partial charge in [-0.05, 0) is 73.0 Å². The lowest BCUT2D eigenvalue weighted by atomic mass is 10.3. The Kier molecular flexibility index (Phi) is 6.23. The summed E-state index contributed by atoms with van der Waals surface area (Å²) in [6, 6.07) is 14.9. The molecule has 2 aromatic rings. The lowest BCUT2D eigenvalue weighted by Gasteiger charge is -2.21. The van der Waals surface area contributed by atoms with Gasteiger partial charge in [-0.25, -0.2) is 4.79 Å². The predicted octanol–water partition coefficient (Wildman–Crippen LogP) is 5.04. The average Bonchev–Trinajstić information content (AvgIpc) is 3.00. The van der Waals surface area contributed by atoms with Gasteiger partial charge in [0.05, 0.1) is 0 Å². The van der Waals surface area contributed by atoms with E-state index in [-0.39, 0.29) is 6.03 Å². The number of halogens is 2. The van der Waals surface area contributed by atoms with Gasteiger partial charge in [-0.15, -0.1) is 0 Å². The number of hydrogen-bond acceptors (Lipinski definition) is 3. The van der Waals surface area contributed by atoms with Crippen molar-refractivity contribution in [2.24, 2.45) is 0 Å². The first-order valence-corrected chi connectivity index (χ1v) is 10.1. The summed E-state index contributed by atoms with van der Waals surface area (Å²) in [5, 5.41) is 6.86. The number of carbonyl (C=O) groups is 1. The standard InChI is InChI=1S/C17H14Br2N4OS2/c18-11-1-5-13(6-2-11)20-15(25)22-9-10-23(17(22)24)16(26)21-14-7-3-12(19)4-8-14/h1-8H,9-10H2,(H,20,25)(H,21,26). The molecule has 9 heteroatoms. The van der Waals surface area contributed by atoms with Crippen LogP contribution in [0.1, 0.15) is 0 Å². The van der Waals surface area contributed by atoms with Crippen LogP contribution < -0.4 is 10.6 Å². The highest BCUT2D eigenvalue weighted by Gasteiger charge is 2.33. The minimum atomic E-state index is -0.241. The fourth-order valence-electron chi connectivity index (χ4n) is 2.36. The van der Waals surface area contributed by atoms with E-state index in [1.54, 1.807) is 0 Å². The van der Waals surface area contributed by atoms with Crippen LogP contribution in [0.4, 0.5) is 16.2 Å². The molecule has 2 amide bonds. The zero-order valence-electron chi connectivity index (χ0n) is 13.4. The second-order valence-corrected chi connectivity index (χ2v) is 8.06. The Bertz CT molecular complexity index is 773. The van der Waals surface area contributed by atoms with Crippen molar-refractivity contribution in [2.75, 3.05) is 23.7 Å². The summed E-state index contributed by atoms with van der Waals surface area (Å²) in [4.78, 5) is 15.7. The maximum absolute atomic E-state index is 12.7. The van der Waals surface area contributed by atoms with Crippen LogP contribution in [-0.4, -0.2) is 39.1 Å². The number of benzene rings is 2. The zero-order chi connectivity index (χ0) is 18.7. The smallest absolute Gasteiger partial charge is 0.332 e. The molecule has 1 aliphatic rings. The van der Waals surface area contributed by atoms with Crippen molar-refractivity contribution in [3.63, 3.8) is 0 Å². The molecule has 0 aromatic heterocycles. The second-order valence-electron chi connectivity index (χ2n) is 5.46. The quantitative estimate of drug-likeness (QED) is 0.550. The van der Waals surface area contributed by atoms with Crippen LogP contribution in [0, 0.1) is 0 Å². The van der Waals surface area contributed by atoms with Crippen LogP contribution in [0.15, 0.2) is 57.5 Å². The Morgan fingerprint density at radius 3 is 1.46 bits per heavy atom. The van der Waals surface area contributed by atoms with E-state index in [2.05, 4.69) is 42.5 Å². The lowest BCUT2D eigenvalue weighted by molar-refractivity contribution is 0.221. The third kappa shape index (κ3) is 4.59. The van der Waals surface area contributed by atoms with E-state index < -0.39 is 0 Å². The average molecular weight is 514 g/mol. The Morgan fingerprint density at radius 1 is 0.769 bits per heavy atom. The summed E-state index contributed by atoms with van der Waals surface area (Å²) >= 11 is 17.5. The van der Waals surface area contributed by atoms with E-state index in [9.17, 15) is 4.79 Å². The van der Waals surface area contributed by atoms with Crippen LogP contribution in [0.2, 0.25) is 0 Å². The fourth-order valence-corrected chi connectivity index (χ4v) is 3.47. The van der Waals surface area contributed by atoms with Crippen molar-refractivity contribution in [3.8, 4) is 0 Å². The molecule has 134 valence electrons. The maximum Gasteiger partial charge on any atom is 0.332 e. The molecule has 0 aliphatic carbocycles. The van der Waals surface area contributed by atoms with Crippen LogP contribution in [-0.2, 0) is 0 Å². The topological polar surface area (TPSA) is 47.6 Å². The molecule has 0 atom stereocenters. The molecule has 5 nitrogen and oxygen atoms in total. The number of anilines is 2. The highest BCUT2D eigenvalue weighted by molar-refractivity contribution is 9.10. The molecule has 1 heterocycles. The third-order valence-corrected chi connectivity index (χ3v) is 5.39. The normalized spacial score (nSPS) is 13.7. The molecule has 2 N–H and O–H groups in total. The summed E-state index contributed by atoms with van der Waals surface area (Å²) < 4.78 is 1.95. The Labute approximate surface area is 179 Å². The Morgan fingerprint density at radius 2 is 1.12 bits per heavy atom. The first-order valence-electron chi connectivity index (χ1n) is 7.66. The van der Waals surface area contributed by atoms with Crippen LogP contribution >= 0.6 is 56.3 Å². The van der Waals surface area contributed by atoms with Gasteiger partial charge >= 0.3 is 6.03 Å². The number of thiocarbonyl (C=S) groups is 2. The van der Waals surface area contributed by atoms with Crippen LogP contribution in [0.3, 0.4) is 0 Å². The van der Waals surface area contributed by atoms with Gasteiger partial charge in [0.15, 0.2) is 10.2 Å². The molecule has 1 aliphatic heterocycles. The van der Waals surface area contributed by atoms with Crippen LogP contribution in [0.25, 0.3) is 0 Å². The van der Waals surface area contributed by atoms with Gasteiger partial charge in [0.25, 0.3) is 0 Å². The van der Waals surface area contributed by atoms with E-state index in [0.717, 1.165) is 20.3 Å². The molecule has 1 fully saturated rings. The van der Waals surface area contributed by atoms with E-state index in [1.165, 1.54) is 9.80 Å². The molecule has 0 radical (unpaired) electrons. The van der Waals surface area contributed by atoms with E-state index in [4.69, 9.17) is 24.4 Å². The van der Waals surface area contributed by atoms with Crippen molar-refractivity contribution in [1.29, 1.82) is 0 Å². The molecular weight excluding hydrogens is 500 g/mol. The van der Waals surface area contributed by atoms with Gasteiger partial charge in [0, 0.05) is 33.4 Å². The molecule has 0 spiro atoms. The van der Waals surface area contributed by atoms with Gasteiger partial charge in [-0.1, -0.05) is 31.9 Å². The minimum absolute atomic E-state index is 0.241. The number of amides is 2. The summed E-state index contributed by atoms with van der Waals surface area (Å²) in [5.41, 5.74) is 1.64. The van der Waals surface area contributed by atoms with Gasteiger partial charge in [-0.2, -0.15) is 0 Å². The van der Waals surface area contributed by atoms with Gasteiger partial charge < -0.3 is 10.6 Å². The Balaban J connectivity index is 1.61. The monoisotopic (exact) mass is 512 g/mol. The second kappa shape index (κ2) is 8.43. The predicted molar refractivity (Wildman–Crippen MR) is 120 cm³/mol. The van der Waals surface area contributed by atoms with Gasteiger partial charge in [0.1, 0.15) is 0 Å². The maximum atomic E-state index is 12.7. The Hall–Kier alpha value is -1.55. The minimum Gasteiger partial charge on any atom is -0.332 e. The number of nitrogens with zero attached hydrogens (tertiary/aromatic N) is 2. The van der Waals surface area contributed by atoms with Gasteiger partial charge in [0.2, 0.25) is 0 Å². The third-order valence-electron chi connectivity index (χ3n) is 3.69. The number of nitrogens with one attached hydrogen (secondary N) is 2.